The minimum Gasteiger partial charge on any atom is -0.507 e. The molecule has 1 heterocycles. The molecule has 4 nitrogen and oxygen atoms in total. The number of hydrogen-bond donors (Lipinski definition) is 3. The first-order valence-corrected chi connectivity index (χ1v) is 7.88. The zero-order valence-corrected chi connectivity index (χ0v) is 12.7. The van der Waals surface area contributed by atoms with Crippen molar-refractivity contribution in [3.63, 3.8) is 0 Å². The molecule has 4 rings (SSSR count). The van der Waals surface area contributed by atoms with E-state index in [1.165, 1.54) is 0 Å². The first kappa shape index (κ1) is 14.0. The van der Waals surface area contributed by atoms with Gasteiger partial charge >= 0.3 is 0 Å². The zero-order valence-electron chi connectivity index (χ0n) is 12.7. The maximum absolute atomic E-state index is 12.2. The van der Waals surface area contributed by atoms with Crippen molar-refractivity contribution in [2.45, 2.75) is 25.8 Å². The fourth-order valence-electron chi connectivity index (χ4n) is 3.58. The lowest BCUT2D eigenvalue weighted by Crippen LogP contribution is -2.12. The second-order valence-electron chi connectivity index (χ2n) is 6.05. The van der Waals surface area contributed by atoms with E-state index in [-0.39, 0.29) is 11.3 Å². The third-order valence-electron chi connectivity index (χ3n) is 4.70. The van der Waals surface area contributed by atoms with Crippen LogP contribution < -0.4 is 11.3 Å². The van der Waals surface area contributed by atoms with Crippen LogP contribution in [0, 0.1) is 0 Å². The third kappa shape index (κ3) is 2.14. The molecule has 1 aliphatic carbocycles. The molecule has 4 heteroatoms. The number of aromatic hydroxyl groups is 1. The van der Waals surface area contributed by atoms with Crippen molar-refractivity contribution < 1.29 is 5.11 Å². The molecule has 23 heavy (non-hydrogen) atoms. The fraction of sp³-hybridized carbons (Fsp3) is 0.211. The summed E-state index contributed by atoms with van der Waals surface area (Å²) >= 11 is 0. The number of nitrogens with one attached hydrogen (secondary N) is 1. The Balaban J connectivity index is 2.07. The van der Waals surface area contributed by atoms with Gasteiger partial charge < -0.3 is 15.8 Å². The molecule has 2 aromatic carbocycles. The largest absolute Gasteiger partial charge is 0.507 e. The van der Waals surface area contributed by atoms with Gasteiger partial charge in [-0.25, -0.2) is 0 Å². The summed E-state index contributed by atoms with van der Waals surface area (Å²) in [7, 11) is 0. The van der Waals surface area contributed by atoms with E-state index in [0.29, 0.717) is 6.54 Å². The van der Waals surface area contributed by atoms with Gasteiger partial charge in [-0.3, -0.25) is 4.79 Å². The Labute approximate surface area is 133 Å². The van der Waals surface area contributed by atoms with E-state index < -0.39 is 0 Å². The summed E-state index contributed by atoms with van der Waals surface area (Å²) in [6.45, 7) is 0.491. The van der Waals surface area contributed by atoms with Crippen LogP contribution in [0.2, 0.25) is 0 Å². The Morgan fingerprint density at radius 3 is 2.52 bits per heavy atom. The van der Waals surface area contributed by atoms with Crippen LogP contribution in [0.3, 0.4) is 0 Å². The molecular weight excluding hydrogens is 288 g/mol. The number of fused-ring (bicyclic) bond motifs is 3. The number of rotatable bonds is 2. The molecule has 1 aromatic heterocycles. The number of nitrogens with two attached hydrogens (primary N) is 1. The number of phenolic OH excluding ortho intramolecular Hbond substituents is 1. The van der Waals surface area contributed by atoms with E-state index in [0.717, 1.165) is 58.0 Å². The van der Waals surface area contributed by atoms with E-state index in [4.69, 9.17) is 5.73 Å². The highest BCUT2D eigenvalue weighted by molar-refractivity contribution is 6.00. The lowest BCUT2D eigenvalue weighted by Gasteiger charge is -2.13. The van der Waals surface area contributed by atoms with Crippen molar-refractivity contribution in [3.05, 3.63) is 63.4 Å². The standard InChI is InChI=1S/C19H18N2O2/c20-10-11-4-6-12(7-5-11)17-16(22)9-8-15-18(17)13-2-1-3-14(13)19(23)21-15/h4-9,22H,1-3,10,20H2,(H,21,23). The Morgan fingerprint density at radius 2 is 1.78 bits per heavy atom. The average Bonchev–Trinajstić information content (AvgIpc) is 3.06. The summed E-state index contributed by atoms with van der Waals surface area (Å²) < 4.78 is 0. The SMILES string of the molecule is NCc1ccc(-c2c(O)ccc3[nH]c(=O)c4c(c23)CCC4)cc1. The predicted molar refractivity (Wildman–Crippen MR) is 91.6 cm³/mol. The minimum absolute atomic E-state index is 0.000111. The van der Waals surface area contributed by atoms with Gasteiger partial charge in [-0.1, -0.05) is 24.3 Å². The van der Waals surface area contributed by atoms with Crippen molar-refractivity contribution in [1.82, 2.24) is 4.98 Å². The van der Waals surface area contributed by atoms with Gasteiger partial charge in [-0.15, -0.1) is 0 Å². The summed E-state index contributed by atoms with van der Waals surface area (Å²) in [6, 6.07) is 11.3. The number of aromatic nitrogens is 1. The Morgan fingerprint density at radius 1 is 1.04 bits per heavy atom. The average molecular weight is 306 g/mol. The number of phenols is 1. The fourth-order valence-corrected chi connectivity index (χ4v) is 3.58. The molecule has 3 aromatic rings. The molecule has 0 saturated carbocycles. The molecular formula is C19H18N2O2. The molecule has 0 amide bonds. The van der Waals surface area contributed by atoms with Crippen LogP contribution in [0.25, 0.3) is 22.0 Å². The van der Waals surface area contributed by atoms with Gasteiger partial charge in [-0.2, -0.15) is 0 Å². The number of H-pyrrole nitrogens is 1. The molecule has 0 atom stereocenters. The Kier molecular flexibility index (Phi) is 3.20. The zero-order chi connectivity index (χ0) is 16.0. The monoisotopic (exact) mass is 306 g/mol. The highest BCUT2D eigenvalue weighted by Gasteiger charge is 2.21. The predicted octanol–water partition coefficient (Wildman–Crippen LogP) is 2.85. The smallest absolute Gasteiger partial charge is 0.251 e. The van der Waals surface area contributed by atoms with Gasteiger partial charge in [0.25, 0.3) is 5.56 Å². The van der Waals surface area contributed by atoms with Gasteiger partial charge in [0.15, 0.2) is 0 Å². The lowest BCUT2D eigenvalue weighted by molar-refractivity contribution is 0.478. The van der Waals surface area contributed by atoms with Crippen LogP contribution in [-0.2, 0) is 19.4 Å². The minimum atomic E-state index is 0.000111. The number of hydrogen-bond acceptors (Lipinski definition) is 3. The van der Waals surface area contributed by atoms with Crippen molar-refractivity contribution in [1.29, 1.82) is 0 Å². The molecule has 0 saturated heterocycles. The highest BCUT2D eigenvalue weighted by Crippen LogP contribution is 2.39. The normalized spacial score (nSPS) is 13.4. The topological polar surface area (TPSA) is 79.1 Å². The number of aromatic amines is 1. The molecule has 0 unspecified atom stereocenters. The van der Waals surface area contributed by atoms with Crippen LogP contribution in [0.15, 0.2) is 41.2 Å². The van der Waals surface area contributed by atoms with Crippen molar-refractivity contribution in [3.8, 4) is 16.9 Å². The van der Waals surface area contributed by atoms with Gasteiger partial charge in [0.1, 0.15) is 5.75 Å². The van der Waals surface area contributed by atoms with Gasteiger partial charge in [0.2, 0.25) is 0 Å². The number of benzene rings is 2. The Bertz CT molecular complexity index is 956. The van der Waals surface area contributed by atoms with Gasteiger partial charge in [0.05, 0.1) is 0 Å². The van der Waals surface area contributed by atoms with E-state index in [9.17, 15) is 9.90 Å². The van der Waals surface area contributed by atoms with Crippen LogP contribution in [0.5, 0.6) is 5.75 Å². The first-order valence-electron chi connectivity index (χ1n) is 7.88. The van der Waals surface area contributed by atoms with Crippen LogP contribution in [-0.4, -0.2) is 10.1 Å². The van der Waals surface area contributed by atoms with Crippen LogP contribution in [0.1, 0.15) is 23.1 Å². The lowest BCUT2D eigenvalue weighted by atomic mass is 9.94. The quantitative estimate of drug-likeness (QED) is 0.681. The summed E-state index contributed by atoms with van der Waals surface area (Å²) in [5.74, 6) is 0.235. The van der Waals surface area contributed by atoms with E-state index in [1.807, 2.05) is 24.3 Å². The molecule has 0 radical (unpaired) electrons. The summed E-state index contributed by atoms with van der Waals surface area (Å²) in [6.07, 6.45) is 2.67. The third-order valence-corrected chi connectivity index (χ3v) is 4.70. The summed E-state index contributed by atoms with van der Waals surface area (Å²) in [4.78, 5) is 15.2. The van der Waals surface area contributed by atoms with Crippen molar-refractivity contribution in [2.75, 3.05) is 0 Å². The molecule has 116 valence electrons. The van der Waals surface area contributed by atoms with Gasteiger partial charge in [-0.05, 0) is 48.1 Å². The number of pyridine rings is 1. The molecule has 1 aliphatic rings. The van der Waals surface area contributed by atoms with Crippen molar-refractivity contribution >= 4 is 10.9 Å². The van der Waals surface area contributed by atoms with E-state index >= 15 is 0 Å². The van der Waals surface area contributed by atoms with Gasteiger partial charge in [0, 0.05) is 28.6 Å². The van der Waals surface area contributed by atoms with E-state index in [1.54, 1.807) is 12.1 Å². The second kappa shape index (κ2) is 5.25. The first-order chi connectivity index (χ1) is 11.2. The van der Waals surface area contributed by atoms with Crippen LogP contribution >= 0.6 is 0 Å². The maximum atomic E-state index is 12.2. The van der Waals surface area contributed by atoms with E-state index in [2.05, 4.69) is 4.98 Å². The molecule has 0 spiro atoms. The molecule has 0 fully saturated rings. The number of aryl methyl sites for hydroxylation is 1. The molecule has 0 bridgehead atoms. The molecule has 0 aliphatic heterocycles. The summed E-state index contributed by atoms with van der Waals surface area (Å²) in [5.41, 5.74) is 11.2. The summed E-state index contributed by atoms with van der Waals surface area (Å²) in [5, 5.41) is 11.4. The van der Waals surface area contributed by atoms with Crippen LogP contribution in [0.4, 0.5) is 0 Å². The Hall–Kier alpha value is -2.59. The highest BCUT2D eigenvalue weighted by atomic mass is 16.3. The van der Waals surface area contributed by atoms with Crippen molar-refractivity contribution in [2.24, 2.45) is 5.73 Å². The maximum Gasteiger partial charge on any atom is 0.251 e. The second-order valence-corrected chi connectivity index (χ2v) is 6.05. The molecule has 4 N–H and O–H groups in total.